The third kappa shape index (κ3) is 2.09. The molecule has 0 aromatic carbocycles. The number of nitrogens with one attached hydrogen (secondary N) is 2. The molecule has 4 heteroatoms. The second-order valence-corrected chi connectivity index (χ2v) is 3.96. The summed E-state index contributed by atoms with van der Waals surface area (Å²) in [6.07, 6.45) is 4.38. The zero-order valence-electron chi connectivity index (χ0n) is 8.95. The Morgan fingerprint density at radius 3 is 2.93 bits per heavy atom. The van der Waals surface area contributed by atoms with Gasteiger partial charge < -0.3 is 10.6 Å². The van der Waals surface area contributed by atoms with E-state index < -0.39 is 0 Å². The van der Waals surface area contributed by atoms with E-state index in [2.05, 4.69) is 22.5 Å². The molecular formula is C11H15N3O. The third-order valence-electron chi connectivity index (χ3n) is 2.76. The fraction of sp³-hybridized carbons (Fsp3) is 0.455. The van der Waals surface area contributed by atoms with Crippen LogP contribution in [0.3, 0.4) is 0 Å². The van der Waals surface area contributed by atoms with Gasteiger partial charge in [0.2, 0.25) is 0 Å². The number of hydrogen-bond donors (Lipinski definition) is 2. The molecule has 0 radical (unpaired) electrons. The number of carbonyl (C=O) groups is 1. The lowest BCUT2D eigenvalue weighted by Gasteiger charge is -2.08. The normalized spacial score (nSPS) is 23.3. The predicted octanol–water partition coefficient (Wildman–Crippen LogP) is 1.26. The second kappa shape index (κ2) is 3.88. The van der Waals surface area contributed by atoms with Gasteiger partial charge in [0.15, 0.2) is 0 Å². The Kier molecular flexibility index (Phi) is 2.58. The lowest BCUT2D eigenvalue weighted by atomic mass is 10.2. The fourth-order valence-electron chi connectivity index (χ4n) is 1.56. The molecule has 1 aliphatic carbocycles. The summed E-state index contributed by atoms with van der Waals surface area (Å²) in [5, 5.41) is 5.95. The molecule has 1 aromatic rings. The maximum absolute atomic E-state index is 11.8. The van der Waals surface area contributed by atoms with Gasteiger partial charge in [-0.3, -0.25) is 9.78 Å². The van der Waals surface area contributed by atoms with Gasteiger partial charge in [0.1, 0.15) is 0 Å². The van der Waals surface area contributed by atoms with E-state index in [-0.39, 0.29) is 5.91 Å². The van der Waals surface area contributed by atoms with Crippen molar-refractivity contribution >= 4 is 11.6 Å². The van der Waals surface area contributed by atoms with Gasteiger partial charge in [0, 0.05) is 19.3 Å². The molecule has 2 unspecified atom stereocenters. The summed E-state index contributed by atoms with van der Waals surface area (Å²) < 4.78 is 0. The summed E-state index contributed by atoms with van der Waals surface area (Å²) in [5.41, 5.74) is 1.43. The van der Waals surface area contributed by atoms with Gasteiger partial charge in [-0.15, -0.1) is 0 Å². The molecule has 1 fully saturated rings. The van der Waals surface area contributed by atoms with E-state index in [9.17, 15) is 4.79 Å². The van der Waals surface area contributed by atoms with Crippen LogP contribution < -0.4 is 10.6 Å². The number of rotatable bonds is 3. The summed E-state index contributed by atoms with van der Waals surface area (Å²) in [5.74, 6) is 0.602. The van der Waals surface area contributed by atoms with Crippen molar-refractivity contribution < 1.29 is 4.79 Å². The third-order valence-corrected chi connectivity index (χ3v) is 2.76. The van der Waals surface area contributed by atoms with E-state index >= 15 is 0 Å². The van der Waals surface area contributed by atoms with Crippen LogP contribution in [0.15, 0.2) is 18.5 Å². The van der Waals surface area contributed by atoms with Gasteiger partial charge in [0.25, 0.3) is 5.91 Å². The molecule has 4 nitrogen and oxygen atoms in total. The Labute approximate surface area is 89.1 Å². The van der Waals surface area contributed by atoms with Crippen LogP contribution in [-0.2, 0) is 0 Å². The molecule has 2 N–H and O–H groups in total. The molecular weight excluding hydrogens is 190 g/mol. The molecule has 0 aliphatic heterocycles. The van der Waals surface area contributed by atoms with Crippen molar-refractivity contribution in [2.75, 3.05) is 12.4 Å². The Balaban J connectivity index is 2.10. The van der Waals surface area contributed by atoms with Gasteiger partial charge in [-0.25, -0.2) is 0 Å². The average Bonchev–Trinajstić information content (AvgIpc) is 2.94. The van der Waals surface area contributed by atoms with E-state index in [0.29, 0.717) is 17.5 Å². The van der Waals surface area contributed by atoms with Crippen molar-refractivity contribution in [1.82, 2.24) is 10.3 Å². The zero-order chi connectivity index (χ0) is 10.8. The minimum absolute atomic E-state index is 0.0175. The van der Waals surface area contributed by atoms with Gasteiger partial charge >= 0.3 is 0 Å². The maximum atomic E-state index is 11.8. The summed E-state index contributed by atoms with van der Waals surface area (Å²) in [7, 11) is 1.79. The molecule has 0 bridgehead atoms. The Morgan fingerprint density at radius 2 is 2.33 bits per heavy atom. The minimum atomic E-state index is -0.0175. The molecule has 1 heterocycles. The van der Waals surface area contributed by atoms with Crippen molar-refractivity contribution in [2.24, 2.45) is 5.92 Å². The Hall–Kier alpha value is -1.58. The molecule has 80 valence electrons. The van der Waals surface area contributed by atoms with Crippen molar-refractivity contribution in [3.05, 3.63) is 24.0 Å². The number of anilines is 1. The highest BCUT2D eigenvalue weighted by Crippen LogP contribution is 2.29. The molecule has 1 saturated carbocycles. The molecule has 0 saturated heterocycles. The highest BCUT2D eigenvalue weighted by molar-refractivity contribution is 5.99. The van der Waals surface area contributed by atoms with Crippen molar-refractivity contribution in [3.8, 4) is 0 Å². The van der Waals surface area contributed by atoms with Crippen LogP contribution in [-0.4, -0.2) is 24.0 Å². The quantitative estimate of drug-likeness (QED) is 0.781. The lowest BCUT2D eigenvalue weighted by molar-refractivity contribution is 0.0950. The predicted molar refractivity (Wildman–Crippen MR) is 58.8 cm³/mol. The number of hydrogen-bond acceptors (Lipinski definition) is 3. The molecule has 2 atom stereocenters. The Morgan fingerprint density at radius 1 is 1.60 bits per heavy atom. The van der Waals surface area contributed by atoms with E-state index in [4.69, 9.17) is 0 Å². The topological polar surface area (TPSA) is 54.0 Å². The highest BCUT2D eigenvalue weighted by Gasteiger charge is 2.34. The van der Waals surface area contributed by atoms with Crippen LogP contribution >= 0.6 is 0 Å². The first-order valence-corrected chi connectivity index (χ1v) is 5.15. The number of carbonyl (C=O) groups excluding carboxylic acids is 1. The molecule has 1 amide bonds. The zero-order valence-corrected chi connectivity index (χ0v) is 8.95. The number of pyridine rings is 1. The SMILES string of the molecule is CNc1cnccc1C(=O)NC1CC1C. The average molecular weight is 205 g/mol. The van der Waals surface area contributed by atoms with Crippen LogP contribution in [0.4, 0.5) is 5.69 Å². The first kappa shape index (κ1) is 9.96. The molecule has 2 rings (SSSR count). The fourth-order valence-corrected chi connectivity index (χ4v) is 1.56. The van der Waals surface area contributed by atoms with Crippen molar-refractivity contribution in [1.29, 1.82) is 0 Å². The van der Waals surface area contributed by atoms with Crippen LogP contribution in [0.25, 0.3) is 0 Å². The number of nitrogens with zero attached hydrogens (tertiary/aromatic N) is 1. The second-order valence-electron chi connectivity index (χ2n) is 3.96. The summed E-state index contributed by atoms with van der Waals surface area (Å²) in [4.78, 5) is 15.8. The van der Waals surface area contributed by atoms with Gasteiger partial charge in [-0.2, -0.15) is 0 Å². The van der Waals surface area contributed by atoms with E-state index in [1.165, 1.54) is 0 Å². The number of amides is 1. The summed E-state index contributed by atoms with van der Waals surface area (Å²) in [6.45, 7) is 2.14. The standard InChI is InChI=1S/C11H15N3O/c1-7-5-9(7)14-11(15)8-3-4-13-6-10(8)12-2/h3-4,6-7,9,12H,5H2,1-2H3,(H,14,15). The molecule has 1 aliphatic rings. The first-order chi connectivity index (χ1) is 7.22. The Bertz CT molecular complexity index is 378. The largest absolute Gasteiger partial charge is 0.386 e. The van der Waals surface area contributed by atoms with Crippen molar-refractivity contribution in [3.63, 3.8) is 0 Å². The lowest BCUT2D eigenvalue weighted by Crippen LogP contribution is -2.27. The maximum Gasteiger partial charge on any atom is 0.253 e. The summed E-state index contributed by atoms with van der Waals surface area (Å²) >= 11 is 0. The molecule has 15 heavy (non-hydrogen) atoms. The van der Waals surface area contributed by atoms with Crippen LogP contribution in [0.5, 0.6) is 0 Å². The first-order valence-electron chi connectivity index (χ1n) is 5.15. The van der Waals surface area contributed by atoms with Crippen LogP contribution in [0.1, 0.15) is 23.7 Å². The van der Waals surface area contributed by atoms with Crippen molar-refractivity contribution in [2.45, 2.75) is 19.4 Å². The monoisotopic (exact) mass is 205 g/mol. The minimum Gasteiger partial charge on any atom is -0.386 e. The molecule has 0 spiro atoms. The van der Waals surface area contributed by atoms with Crippen LogP contribution in [0, 0.1) is 5.92 Å². The van der Waals surface area contributed by atoms with E-state index in [1.807, 2.05) is 0 Å². The van der Waals surface area contributed by atoms with E-state index in [0.717, 1.165) is 12.1 Å². The van der Waals surface area contributed by atoms with Gasteiger partial charge in [0.05, 0.1) is 17.4 Å². The highest BCUT2D eigenvalue weighted by atomic mass is 16.1. The number of aromatic nitrogens is 1. The van der Waals surface area contributed by atoms with E-state index in [1.54, 1.807) is 25.5 Å². The molecule has 1 aromatic heterocycles. The van der Waals surface area contributed by atoms with Crippen LogP contribution in [0.2, 0.25) is 0 Å². The van der Waals surface area contributed by atoms with Gasteiger partial charge in [-0.05, 0) is 18.4 Å². The smallest absolute Gasteiger partial charge is 0.253 e. The van der Waals surface area contributed by atoms with Gasteiger partial charge in [-0.1, -0.05) is 6.92 Å². The summed E-state index contributed by atoms with van der Waals surface area (Å²) in [6, 6.07) is 2.09.